The first-order chi connectivity index (χ1) is 8.74. The van der Waals surface area contributed by atoms with Gasteiger partial charge in [0.05, 0.1) is 17.8 Å². The smallest absolute Gasteiger partial charge is 0.341 e. The second kappa shape index (κ2) is 6.18. The Morgan fingerprint density at radius 3 is 2.72 bits per heavy atom. The van der Waals surface area contributed by atoms with Gasteiger partial charge < -0.3 is 10.5 Å². The quantitative estimate of drug-likeness (QED) is 0.585. The maximum atomic E-state index is 11.7. The number of urea groups is 1. The summed E-state index contributed by atoms with van der Waals surface area (Å²) in [4.78, 5) is 16.3. The van der Waals surface area contributed by atoms with Gasteiger partial charge in [0.15, 0.2) is 0 Å². The van der Waals surface area contributed by atoms with Crippen molar-refractivity contribution in [3.63, 3.8) is 0 Å². The Kier molecular flexibility index (Phi) is 4.33. The van der Waals surface area contributed by atoms with Crippen LogP contribution in [-0.2, 0) is 0 Å². The molecule has 2 N–H and O–H groups in total. The van der Waals surface area contributed by atoms with E-state index in [2.05, 4.69) is 15.4 Å². The first-order valence-electron chi connectivity index (χ1n) is 6.33. The maximum absolute atomic E-state index is 11.7. The molecule has 6 heteroatoms. The topological polar surface area (TPSA) is 79.5 Å². The highest BCUT2D eigenvalue weighted by atomic mass is 16.5. The highest BCUT2D eigenvalue weighted by Crippen LogP contribution is 2.17. The molecule has 0 spiro atoms. The van der Waals surface area contributed by atoms with E-state index in [-0.39, 0.29) is 12.1 Å². The Labute approximate surface area is 105 Å². The first kappa shape index (κ1) is 12.6. The van der Waals surface area contributed by atoms with Gasteiger partial charge in [0.2, 0.25) is 0 Å². The minimum atomic E-state index is -0.334. The van der Waals surface area contributed by atoms with Crippen molar-refractivity contribution >= 4 is 6.03 Å². The Morgan fingerprint density at radius 1 is 1.39 bits per heavy atom. The fourth-order valence-electron chi connectivity index (χ4n) is 2.16. The van der Waals surface area contributed by atoms with Crippen molar-refractivity contribution in [1.82, 2.24) is 15.3 Å². The lowest BCUT2D eigenvalue weighted by molar-refractivity contribution is 0.143. The van der Waals surface area contributed by atoms with Gasteiger partial charge in [-0.1, -0.05) is 25.7 Å². The lowest BCUT2D eigenvalue weighted by Crippen LogP contribution is -2.33. The molecule has 0 atom stereocenters. The number of nitrogens with one attached hydrogen (secondary N) is 1. The third-order valence-corrected chi connectivity index (χ3v) is 3.10. The van der Waals surface area contributed by atoms with Gasteiger partial charge in [0.1, 0.15) is 0 Å². The number of rotatable bonds is 1. The van der Waals surface area contributed by atoms with Crippen LogP contribution in [0.2, 0.25) is 0 Å². The molecule has 0 radical (unpaired) electrons. The molecule has 1 aliphatic carbocycles. The zero-order valence-corrected chi connectivity index (χ0v) is 10.2. The number of amides is 2. The predicted octanol–water partition coefficient (Wildman–Crippen LogP) is 1.45. The molecule has 0 bridgehead atoms. The van der Waals surface area contributed by atoms with Gasteiger partial charge in [-0.3, -0.25) is 0 Å². The second-order valence-electron chi connectivity index (χ2n) is 4.56. The molecule has 1 aromatic rings. The zero-order valence-electron chi connectivity index (χ0n) is 10.2. The largest absolute Gasteiger partial charge is 0.412 e. The van der Waals surface area contributed by atoms with E-state index in [1.54, 1.807) is 0 Å². The summed E-state index contributed by atoms with van der Waals surface area (Å²) in [6.45, 7) is 0. The predicted molar refractivity (Wildman–Crippen MR) is 65.0 cm³/mol. The van der Waals surface area contributed by atoms with Crippen LogP contribution >= 0.6 is 0 Å². The number of hydrogen-bond donors (Lipinski definition) is 2. The Morgan fingerprint density at radius 2 is 2.11 bits per heavy atom. The Bertz CT molecular complexity index is 441. The molecule has 1 saturated carbocycles. The minimum Gasteiger partial charge on any atom is -0.412 e. The van der Waals surface area contributed by atoms with E-state index in [0.29, 0.717) is 10.2 Å². The normalized spacial score (nSPS) is 18.3. The highest BCUT2D eigenvalue weighted by Gasteiger charge is 2.13. The van der Waals surface area contributed by atoms with E-state index in [1.807, 2.05) is 0 Å². The van der Waals surface area contributed by atoms with E-state index in [0.717, 1.165) is 12.8 Å². The Hall–Kier alpha value is -1.85. The molecule has 6 nitrogen and oxygen atoms in total. The van der Waals surface area contributed by atoms with E-state index >= 15 is 0 Å². The average Bonchev–Trinajstić information content (AvgIpc) is 2.61. The second-order valence-corrected chi connectivity index (χ2v) is 4.56. The molecule has 18 heavy (non-hydrogen) atoms. The molecule has 98 valence electrons. The van der Waals surface area contributed by atoms with Crippen molar-refractivity contribution in [2.45, 2.75) is 44.6 Å². The summed E-state index contributed by atoms with van der Waals surface area (Å²) in [7, 11) is 0. The number of hydrogen-bond acceptors (Lipinski definition) is 3. The number of carbonyl (C=O) groups excluding carboxylic acids is 1. The summed E-state index contributed by atoms with van der Waals surface area (Å²) in [5, 5.41) is 15.9. The van der Waals surface area contributed by atoms with Crippen LogP contribution in [0.15, 0.2) is 23.5 Å². The highest BCUT2D eigenvalue weighted by molar-refractivity contribution is 5.75. The molecule has 1 aliphatic rings. The van der Waals surface area contributed by atoms with Crippen molar-refractivity contribution in [3.8, 4) is 0 Å². The standard InChI is InChI=1S/C12H18N4O2/c17-12(14-10-5-3-1-2-4-6-10)15-11-7-8-16(18)13-9-11/h7-10,18H,1-6H2,(H,14,17). The molecule has 1 aromatic heterocycles. The molecule has 1 heterocycles. The fourth-order valence-corrected chi connectivity index (χ4v) is 2.16. The van der Waals surface area contributed by atoms with Crippen LogP contribution in [0.5, 0.6) is 0 Å². The molecule has 0 unspecified atom stereocenters. The summed E-state index contributed by atoms with van der Waals surface area (Å²) < 4.78 is 0. The van der Waals surface area contributed by atoms with Crippen molar-refractivity contribution < 1.29 is 10.0 Å². The summed E-state index contributed by atoms with van der Waals surface area (Å²) >= 11 is 0. The molecule has 2 amide bonds. The first-order valence-corrected chi connectivity index (χ1v) is 6.33. The zero-order chi connectivity index (χ0) is 12.8. The summed E-state index contributed by atoms with van der Waals surface area (Å²) in [6.07, 6.45) is 9.58. The molecule has 2 rings (SSSR count). The van der Waals surface area contributed by atoms with E-state index in [1.165, 1.54) is 44.1 Å². The lowest BCUT2D eigenvalue weighted by atomic mass is 10.1. The molecular formula is C12H18N4O2. The van der Waals surface area contributed by atoms with Crippen LogP contribution in [0.1, 0.15) is 38.5 Å². The van der Waals surface area contributed by atoms with Crippen LogP contribution in [0.3, 0.4) is 0 Å². The van der Waals surface area contributed by atoms with E-state index in [4.69, 9.17) is 5.21 Å². The van der Waals surface area contributed by atoms with Gasteiger partial charge in [0, 0.05) is 6.04 Å². The van der Waals surface area contributed by atoms with Gasteiger partial charge in [-0.05, 0) is 18.9 Å². The summed E-state index contributed by atoms with van der Waals surface area (Å²) in [5.74, 6) is 0. The van der Waals surface area contributed by atoms with Crippen molar-refractivity contribution in [2.75, 3.05) is 0 Å². The lowest BCUT2D eigenvalue weighted by Gasteiger charge is -2.13. The van der Waals surface area contributed by atoms with Crippen LogP contribution < -0.4 is 10.7 Å². The number of nitrogens with zero attached hydrogens (tertiary/aromatic N) is 3. The minimum absolute atomic E-state index is 0.239. The van der Waals surface area contributed by atoms with Crippen LogP contribution in [0.4, 0.5) is 4.79 Å². The molecule has 0 aliphatic heterocycles. The molecule has 0 aromatic carbocycles. The fraction of sp³-hybridized carbons (Fsp3) is 0.583. The Balaban J connectivity index is 1.95. The van der Waals surface area contributed by atoms with Crippen LogP contribution in [-0.4, -0.2) is 27.2 Å². The van der Waals surface area contributed by atoms with Crippen molar-refractivity contribution in [2.24, 2.45) is 4.99 Å². The summed E-state index contributed by atoms with van der Waals surface area (Å²) in [5.41, 5.74) is 0. The van der Waals surface area contributed by atoms with Crippen molar-refractivity contribution in [1.29, 1.82) is 0 Å². The van der Waals surface area contributed by atoms with Crippen molar-refractivity contribution in [3.05, 3.63) is 23.8 Å². The van der Waals surface area contributed by atoms with Crippen LogP contribution in [0, 0.1) is 0 Å². The van der Waals surface area contributed by atoms with E-state index in [9.17, 15) is 4.79 Å². The van der Waals surface area contributed by atoms with Gasteiger partial charge >= 0.3 is 6.03 Å². The van der Waals surface area contributed by atoms with Crippen LogP contribution in [0.25, 0.3) is 0 Å². The van der Waals surface area contributed by atoms with Gasteiger partial charge in [-0.15, -0.1) is 9.94 Å². The van der Waals surface area contributed by atoms with Gasteiger partial charge in [0.25, 0.3) is 0 Å². The molecular weight excluding hydrogens is 232 g/mol. The maximum Gasteiger partial charge on any atom is 0.341 e. The molecule has 0 saturated heterocycles. The third-order valence-electron chi connectivity index (χ3n) is 3.10. The number of aromatic nitrogens is 2. The third kappa shape index (κ3) is 3.87. The summed E-state index contributed by atoms with van der Waals surface area (Å²) in [6, 6.07) is 1.43. The number of carbonyl (C=O) groups is 1. The van der Waals surface area contributed by atoms with Gasteiger partial charge in [-0.2, -0.15) is 4.99 Å². The average molecular weight is 250 g/mol. The van der Waals surface area contributed by atoms with E-state index < -0.39 is 0 Å². The molecule has 1 fully saturated rings. The monoisotopic (exact) mass is 250 g/mol. The SMILES string of the molecule is O=C(N=c1ccn(O)nc1)NC1CCCCCC1. The van der Waals surface area contributed by atoms with Gasteiger partial charge in [-0.25, -0.2) is 4.79 Å².